The number of nitro groups is 1. The molecule has 0 aliphatic carbocycles. The van der Waals surface area contributed by atoms with E-state index in [0.29, 0.717) is 24.3 Å². The summed E-state index contributed by atoms with van der Waals surface area (Å²) in [7, 11) is 0. The lowest BCUT2D eigenvalue weighted by molar-refractivity contribution is -0.384. The fraction of sp³-hybridized carbons (Fsp3) is 0.476. The second-order valence-corrected chi connectivity index (χ2v) is 7.67. The molecule has 0 saturated carbocycles. The monoisotopic (exact) mass is 413 g/mol. The number of likely N-dealkylation sites (tertiary alicyclic amines) is 1. The molecule has 1 aromatic carbocycles. The summed E-state index contributed by atoms with van der Waals surface area (Å²) >= 11 is 0. The molecular formula is C21H27N5O4. The number of unbranched alkanes of at least 4 members (excludes halogenated alkanes) is 1. The minimum atomic E-state index is -0.464. The Bertz CT molecular complexity index is 908. The Morgan fingerprint density at radius 3 is 2.67 bits per heavy atom. The maximum Gasteiger partial charge on any atom is 0.269 e. The molecule has 0 radical (unpaired) electrons. The third kappa shape index (κ3) is 4.84. The minimum absolute atomic E-state index is 0.00685. The smallest absolute Gasteiger partial charge is 0.269 e. The number of piperidine rings is 1. The first-order valence-corrected chi connectivity index (χ1v) is 10.3. The topological polar surface area (TPSA) is 110 Å². The van der Waals surface area contributed by atoms with E-state index in [1.165, 1.54) is 23.0 Å². The van der Waals surface area contributed by atoms with Crippen LogP contribution in [0, 0.1) is 16.0 Å². The molecule has 1 aliphatic rings. The van der Waals surface area contributed by atoms with Crippen LogP contribution in [0.25, 0.3) is 5.69 Å². The van der Waals surface area contributed by atoms with Crippen LogP contribution >= 0.6 is 0 Å². The van der Waals surface area contributed by atoms with Crippen molar-refractivity contribution in [3.8, 4) is 5.69 Å². The quantitative estimate of drug-likeness (QED) is 0.426. The van der Waals surface area contributed by atoms with E-state index < -0.39 is 4.92 Å². The summed E-state index contributed by atoms with van der Waals surface area (Å²) in [5.74, 6) is -0.358. The molecule has 9 nitrogen and oxygen atoms in total. The van der Waals surface area contributed by atoms with Gasteiger partial charge in [-0.15, -0.1) is 0 Å². The number of aromatic nitrogens is 2. The van der Waals surface area contributed by atoms with E-state index in [0.717, 1.165) is 25.7 Å². The predicted octanol–water partition coefficient (Wildman–Crippen LogP) is 2.94. The Morgan fingerprint density at radius 2 is 2.00 bits per heavy atom. The number of non-ortho nitro benzene ring substituents is 1. The Labute approximate surface area is 175 Å². The number of carbonyl (C=O) groups is 2. The molecule has 2 atom stereocenters. The molecular weight excluding hydrogens is 386 g/mol. The highest BCUT2D eigenvalue weighted by molar-refractivity contribution is 5.94. The molecule has 160 valence electrons. The van der Waals surface area contributed by atoms with Crippen molar-refractivity contribution in [3.63, 3.8) is 0 Å². The average molecular weight is 413 g/mol. The van der Waals surface area contributed by atoms with E-state index in [-0.39, 0.29) is 29.5 Å². The average Bonchev–Trinajstić information content (AvgIpc) is 3.24. The number of rotatable bonds is 7. The first-order valence-electron chi connectivity index (χ1n) is 10.3. The summed E-state index contributed by atoms with van der Waals surface area (Å²) in [5.41, 5.74) is 1.04. The number of nitrogens with one attached hydrogen (secondary N) is 1. The molecule has 2 unspecified atom stereocenters. The number of amides is 2. The zero-order valence-corrected chi connectivity index (χ0v) is 17.3. The van der Waals surface area contributed by atoms with Crippen LogP contribution in [0.5, 0.6) is 0 Å². The van der Waals surface area contributed by atoms with Gasteiger partial charge in [0.25, 0.3) is 11.6 Å². The third-order valence-electron chi connectivity index (χ3n) is 5.50. The Kier molecular flexibility index (Phi) is 6.81. The van der Waals surface area contributed by atoms with Crippen LogP contribution in [0.2, 0.25) is 0 Å². The highest BCUT2D eigenvalue weighted by Gasteiger charge is 2.33. The van der Waals surface area contributed by atoms with Crippen molar-refractivity contribution in [1.82, 2.24) is 20.0 Å². The standard InChI is InChI=1S/C21H27N5O4/c1-3-4-11-22-20(27)16-6-5-15(2)24(13-16)21(28)17-12-23-25(14-17)18-7-9-19(10-8-18)26(29)30/h7-10,12,14-16H,3-6,11,13H2,1-2H3,(H,22,27). The Balaban J connectivity index is 1.69. The fourth-order valence-electron chi connectivity index (χ4n) is 3.60. The van der Waals surface area contributed by atoms with Gasteiger partial charge in [0.05, 0.1) is 28.3 Å². The summed E-state index contributed by atoms with van der Waals surface area (Å²) in [4.78, 5) is 37.6. The minimum Gasteiger partial charge on any atom is -0.356 e. The third-order valence-corrected chi connectivity index (χ3v) is 5.50. The molecule has 2 aromatic rings. The molecule has 30 heavy (non-hydrogen) atoms. The predicted molar refractivity (Wildman–Crippen MR) is 111 cm³/mol. The lowest BCUT2D eigenvalue weighted by Gasteiger charge is -2.37. The van der Waals surface area contributed by atoms with E-state index in [1.54, 1.807) is 23.2 Å². The highest BCUT2D eigenvalue weighted by atomic mass is 16.6. The molecule has 1 aromatic heterocycles. The summed E-state index contributed by atoms with van der Waals surface area (Å²) < 4.78 is 1.51. The number of carbonyl (C=O) groups excluding carboxylic acids is 2. The van der Waals surface area contributed by atoms with Gasteiger partial charge in [-0.05, 0) is 38.3 Å². The van der Waals surface area contributed by atoms with Gasteiger partial charge in [0.1, 0.15) is 0 Å². The zero-order chi connectivity index (χ0) is 21.7. The van der Waals surface area contributed by atoms with Gasteiger partial charge in [0.2, 0.25) is 5.91 Å². The number of nitrogens with zero attached hydrogens (tertiary/aromatic N) is 4. The molecule has 0 spiro atoms. The van der Waals surface area contributed by atoms with Gasteiger partial charge in [0, 0.05) is 37.5 Å². The molecule has 1 N–H and O–H groups in total. The van der Waals surface area contributed by atoms with E-state index in [4.69, 9.17) is 0 Å². The first kappa shape index (κ1) is 21.5. The fourth-order valence-corrected chi connectivity index (χ4v) is 3.60. The number of hydrogen-bond acceptors (Lipinski definition) is 5. The van der Waals surface area contributed by atoms with Crippen molar-refractivity contribution < 1.29 is 14.5 Å². The lowest BCUT2D eigenvalue weighted by Crippen LogP contribution is -2.49. The Morgan fingerprint density at radius 1 is 1.27 bits per heavy atom. The van der Waals surface area contributed by atoms with Gasteiger partial charge in [-0.2, -0.15) is 5.10 Å². The summed E-state index contributed by atoms with van der Waals surface area (Å²) in [6.45, 7) is 5.12. The highest BCUT2D eigenvalue weighted by Crippen LogP contribution is 2.24. The van der Waals surface area contributed by atoms with Gasteiger partial charge in [-0.1, -0.05) is 13.3 Å². The molecule has 2 amide bonds. The number of hydrogen-bond donors (Lipinski definition) is 1. The normalized spacial score (nSPS) is 18.8. The van der Waals surface area contributed by atoms with Crippen molar-refractivity contribution in [2.24, 2.45) is 5.92 Å². The van der Waals surface area contributed by atoms with Gasteiger partial charge in [-0.25, -0.2) is 4.68 Å². The van der Waals surface area contributed by atoms with Crippen LogP contribution in [-0.4, -0.2) is 50.5 Å². The lowest BCUT2D eigenvalue weighted by atomic mass is 9.92. The summed E-state index contributed by atoms with van der Waals surface area (Å²) in [6, 6.07) is 6.00. The van der Waals surface area contributed by atoms with Crippen molar-refractivity contribution in [1.29, 1.82) is 0 Å². The van der Waals surface area contributed by atoms with Crippen molar-refractivity contribution in [3.05, 3.63) is 52.3 Å². The zero-order valence-electron chi connectivity index (χ0n) is 17.3. The second-order valence-electron chi connectivity index (χ2n) is 7.67. The maximum absolute atomic E-state index is 13.1. The van der Waals surface area contributed by atoms with E-state index in [2.05, 4.69) is 17.3 Å². The maximum atomic E-state index is 13.1. The molecule has 1 fully saturated rings. The van der Waals surface area contributed by atoms with Crippen molar-refractivity contribution in [2.45, 2.75) is 45.6 Å². The molecule has 9 heteroatoms. The summed E-state index contributed by atoms with van der Waals surface area (Å²) in [5, 5.41) is 18.0. The van der Waals surface area contributed by atoms with Crippen LogP contribution in [0.15, 0.2) is 36.7 Å². The van der Waals surface area contributed by atoms with Gasteiger partial charge in [0.15, 0.2) is 0 Å². The van der Waals surface area contributed by atoms with E-state index in [1.807, 2.05) is 6.92 Å². The van der Waals surface area contributed by atoms with Crippen molar-refractivity contribution >= 4 is 17.5 Å². The molecule has 0 bridgehead atoms. The van der Waals surface area contributed by atoms with Crippen LogP contribution in [0.1, 0.15) is 49.9 Å². The van der Waals surface area contributed by atoms with Crippen LogP contribution in [0.4, 0.5) is 5.69 Å². The first-order chi connectivity index (χ1) is 14.4. The molecule has 1 aliphatic heterocycles. The van der Waals surface area contributed by atoms with Gasteiger partial charge < -0.3 is 10.2 Å². The van der Waals surface area contributed by atoms with Crippen LogP contribution < -0.4 is 5.32 Å². The van der Waals surface area contributed by atoms with Crippen LogP contribution in [-0.2, 0) is 4.79 Å². The second kappa shape index (κ2) is 9.51. The van der Waals surface area contributed by atoms with Crippen molar-refractivity contribution in [2.75, 3.05) is 13.1 Å². The van der Waals surface area contributed by atoms with Gasteiger partial charge >= 0.3 is 0 Å². The Hall–Kier alpha value is -3.23. The number of benzene rings is 1. The SMILES string of the molecule is CCCCNC(=O)C1CCC(C)N(C(=O)c2cnn(-c3ccc([N+](=O)[O-])cc3)c2)C1. The molecule has 2 heterocycles. The largest absolute Gasteiger partial charge is 0.356 e. The van der Waals surface area contributed by atoms with Crippen LogP contribution in [0.3, 0.4) is 0 Å². The number of nitro benzene ring substituents is 1. The molecule has 3 rings (SSSR count). The summed E-state index contributed by atoms with van der Waals surface area (Å²) in [6.07, 6.45) is 6.60. The van der Waals surface area contributed by atoms with E-state index in [9.17, 15) is 19.7 Å². The molecule has 1 saturated heterocycles. The van der Waals surface area contributed by atoms with Gasteiger partial charge in [-0.3, -0.25) is 19.7 Å². The van der Waals surface area contributed by atoms with E-state index >= 15 is 0 Å².